The molecule has 0 aromatic heterocycles. The van der Waals surface area contributed by atoms with Crippen LogP contribution in [0.2, 0.25) is 10.0 Å². The van der Waals surface area contributed by atoms with Gasteiger partial charge in [0.1, 0.15) is 11.6 Å². The second-order valence-electron chi connectivity index (χ2n) is 5.05. The molecular weight excluding hydrogens is 361 g/mol. The minimum Gasteiger partial charge on any atom is -0.382 e. The molecule has 0 bridgehead atoms. The van der Waals surface area contributed by atoms with Crippen LogP contribution < -0.4 is 5.32 Å². The Kier molecular flexibility index (Phi) is 4.69. The number of hydrogen-bond donors (Lipinski definition) is 1. The van der Waals surface area contributed by atoms with E-state index in [1.54, 1.807) is 0 Å². The highest BCUT2D eigenvalue weighted by Gasteiger charge is 2.31. The van der Waals surface area contributed by atoms with Crippen molar-refractivity contribution in [2.24, 2.45) is 5.16 Å². The summed E-state index contributed by atoms with van der Waals surface area (Å²) in [6, 6.07) is 8.02. The fraction of sp³-hybridized carbons (Fsp3) is 0.125. The summed E-state index contributed by atoms with van der Waals surface area (Å²) >= 11 is 11.6. The molecular formula is C16H10Cl2F2N2O2. The maximum Gasteiger partial charge on any atom is 0.268 e. The number of amides is 1. The molecule has 124 valence electrons. The van der Waals surface area contributed by atoms with E-state index >= 15 is 0 Å². The summed E-state index contributed by atoms with van der Waals surface area (Å²) < 4.78 is 27.0. The molecule has 1 aliphatic rings. The third-order valence-corrected chi connectivity index (χ3v) is 4.00. The van der Waals surface area contributed by atoms with Gasteiger partial charge in [-0.25, -0.2) is 8.78 Å². The monoisotopic (exact) mass is 370 g/mol. The first-order chi connectivity index (χ1) is 11.5. The largest absolute Gasteiger partial charge is 0.382 e. The molecule has 3 rings (SSSR count). The summed E-state index contributed by atoms with van der Waals surface area (Å²) in [5.74, 6) is -1.65. The van der Waals surface area contributed by atoms with Crippen molar-refractivity contribution >= 4 is 40.5 Å². The van der Waals surface area contributed by atoms with Gasteiger partial charge in [-0.15, -0.1) is 0 Å². The highest BCUT2D eigenvalue weighted by molar-refractivity contribution is 6.34. The van der Waals surface area contributed by atoms with Crippen molar-refractivity contribution in [2.45, 2.75) is 12.5 Å². The normalized spacial score (nSPS) is 16.5. The number of benzene rings is 2. The van der Waals surface area contributed by atoms with E-state index in [0.29, 0.717) is 5.69 Å². The predicted octanol–water partition coefficient (Wildman–Crippen LogP) is 4.40. The zero-order valence-electron chi connectivity index (χ0n) is 12.0. The minimum atomic E-state index is -0.945. The van der Waals surface area contributed by atoms with E-state index in [2.05, 4.69) is 10.5 Å². The fourth-order valence-corrected chi connectivity index (χ4v) is 2.69. The van der Waals surface area contributed by atoms with Crippen LogP contribution in [0, 0.1) is 11.6 Å². The van der Waals surface area contributed by atoms with Gasteiger partial charge in [0.2, 0.25) is 6.10 Å². The standard InChI is InChI=1S/C16H10Cl2F2N2O2/c17-9-2-1-3-12(20)15(9)13-7-14(24-22-13)16(23)21-8-4-5-11(19)10(18)6-8/h1-6,14H,7H2,(H,21,23). The van der Waals surface area contributed by atoms with Crippen molar-refractivity contribution < 1.29 is 18.4 Å². The summed E-state index contributed by atoms with van der Waals surface area (Å²) in [6.45, 7) is 0. The minimum absolute atomic E-state index is 0.0570. The van der Waals surface area contributed by atoms with E-state index in [4.69, 9.17) is 28.0 Å². The molecule has 2 aromatic carbocycles. The highest BCUT2D eigenvalue weighted by Crippen LogP contribution is 2.26. The Labute approximate surface area is 146 Å². The first-order valence-electron chi connectivity index (χ1n) is 6.88. The highest BCUT2D eigenvalue weighted by atomic mass is 35.5. The van der Waals surface area contributed by atoms with Crippen LogP contribution in [0.5, 0.6) is 0 Å². The summed E-state index contributed by atoms with van der Waals surface area (Å²) in [6.07, 6.45) is -0.888. The molecule has 1 amide bonds. The number of nitrogens with zero attached hydrogens (tertiary/aromatic N) is 1. The summed E-state index contributed by atoms with van der Waals surface area (Å²) in [7, 11) is 0. The molecule has 1 heterocycles. The number of nitrogens with one attached hydrogen (secondary N) is 1. The maximum absolute atomic E-state index is 13.9. The number of anilines is 1. The molecule has 1 unspecified atom stereocenters. The molecule has 0 spiro atoms. The molecule has 24 heavy (non-hydrogen) atoms. The van der Waals surface area contributed by atoms with Gasteiger partial charge in [-0.2, -0.15) is 0 Å². The van der Waals surface area contributed by atoms with Crippen LogP contribution in [0.3, 0.4) is 0 Å². The maximum atomic E-state index is 13.9. The predicted molar refractivity (Wildman–Crippen MR) is 87.5 cm³/mol. The molecule has 0 aliphatic carbocycles. The van der Waals surface area contributed by atoms with Crippen LogP contribution in [-0.2, 0) is 9.63 Å². The van der Waals surface area contributed by atoms with Crippen molar-refractivity contribution in [3.05, 3.63) is 63.6 Å². The SMILES string of the molecule is O=C(Nc1ccc(F)c(Cl)c1)C1CC(c2c(F)cccc2Cl)=NO1. The second-order valence-corrected chi connectivity index (χ2v) is 5.87. The van der Waals surface area contributed by atoms with Gasteiger partial charge in [-0.1, -0.05) is 34.4 Å². The first kappa shape index (κ1) is 16.7. The number of halogens is 4. The van der Waals surface area contributed by atoms with E-state index in [-0.39, 0.29) is 27.7 Å². The quantitative estimate of drug-likeness (QED) is 0.870. The smallest absolute Gasteiger partial charge is 0.268 e. The molecule has 1 atom stereocenters. The number of hydrogen-bond acceptors (Lipinski definition) is 3. The van der Waals surface area contributed by atoms with E-state index < -0.39 is 23.6 Å². The molecule has 4 nitrogen and oxygen atoms in total. The fourth-order valence-electron chi connectivity index (χ4n) is 2.24. The topological polar surface area (TPSA) is 50.7 Å². The van der Waals surface area contributed by atoms with Crippen molar-refractivity contribution in [1.29, 1.82) is 0 Å². The zero-order chi connectivity index (χ0) is 17.3. The molecule has 1 N–H and O–H groups in total. The van der Waals surface area contributed by atoms with Gasteiger partial charge in [-0.3, -0.25) is 4.79 Å². The lowest BCUT2D eigenvalue weighted by Gasteiger charge is -2.10. The Balaban J connectivity index is 1.70. The van der Waals surface area contributed by atoms with E-state index in [1.807, 2.05) is 0 Å². The second kappa shape index (κ2) is 6.75. The lowest BCUT2D eigenvalue weighted by atomic mass is 10.0. The lowest BCUT2D eigenvalue weighted by Crippen LogP contribution is -2.28. The van der Waals surface area contributed by atoms with E-state index in [1.165, 1.54) is 30.3 Å². The molecule has 0 radical (unpaired) electrons. The summed E-state index contributed by atoms with van der Waals surface area (Å²) in [5, 5.41) is 6.36. The molecule has 0 fully saturated rings. The van der Waals surface area contributed by atoms with Crippen molar-refractivity contribution in [3.63, 3.8) is 0 Å². The molecule has 1 aliphatic heterocycles. The van der Waals surface area contributed by atoms with E-state index in [0.717, 1.165) is 6.07 Å². The van der Waals surface area contributed by atoms with Gasteiger partial charge in [-0.05, 0) is 30.3 Å². The van der Waals surface area contributed by atoms with E-state index in [9.17, 15) is 13.6 Å². The number of rotatable bonds is 3. The van der Waals surface area contributed by atoms with Crippen LogP contribution in [0.15, 0.2) is 41.6 Å². The number of carbonyl (C=O) groups is 1. The van der Waals surface area contributed by atoms with Crippen molar-refractivity contribution in [3.8, 4) is 0 Å². The molecule has 2 aromatic rings. The zero-order valence-corrected chi connectivity index (χ0v) is 13.5. The Morgan fingerprint density at radius 1 is 1.17 bits per heavy atom. The average molecular weight is 371 g/mol. The van der Waals surface area contributed by atoms with Crippen LogP contribution in [0.4, 0.5) is 14.5 Å². The van der Waals surface area contributed by atoms with Gasteiger partial charge in [0.25, 0.3) is 5.91 Å². The third-order valence-electron chi connectivity index (χ3n) is 3.40. The lowest BCUT2D eigenvalue weighted by molar-refractivity contribution is -0.125. The number of oxime groups is 1. The van der Waals surface area contributed by atoms with Crippen LogP contribution in [-0.4, -0.2) is 17.7 Å². The van der Waals surface area contributed by atoms with Gasteiger partial charge in [0, 0.05) is 12.1 Å². The molecule has 0 saturated heterocycles. The Bertz CT molecular complexity index is 823. The summed E-state index contributed by atoms with van der Waals surface area (Å²) in [4.78, 5) is 17.2. The van der Waals surface area contributed by atoms with Gasteiger partial charge in [0.15, 0.2) is 0 Å². The first-order valence-corrected chi connectivity index (χ1v) is 7.64. The van der Waals surface area contributed by atoms with Crippen molar-refractivity contribution in [1.82, 2.24) is 0 Å². The third kappa shape index (κ3) is 3.34. The molecule has 0 saturated carbocycles. The summed E-state index contributed by atoms with van der Waals surface area (Å²) in [5.41, 5.74) is 0.669. The van der Waals surface area contributed by atoms with Crippen LogP contribution in [0.25, 0.3) is 0 Å². The van der Waals surface area contributed by atoms with Gasteiger partial charge < -0.3 is 10.2 Å². The van der Waals surface area contributed by atoms with Gasteiger partial charge >= 0.3 is 0 Å². The molecule has 8 heteroatoms. The number of carbonyl (C=O) groups excluding carboxylic acids is 1. The van der Waals surface area contributed by atoms with Gasteiger partial charge in [0.05, 0.1) is 21.3 Å². The van der Waals surface area contributed by atoms with Crippen LogP contribution in [0.1, 0.15) is 12.0 Å². The Morgan fingerprint density at radius 3 is 2.67 bits per heavy atom. The van der Waals surface area contributed by atoms with Crippen LogP contribution >= 0.6 is 23.2 Å². The Hall–Kier alpha value is -2.18. The Morgan fingerprint density at radius 2 is 1.96 bits per heavy atom. The average Bonchev–Trinajstić information content (AvgIpc) is 3.00. The van der Waals surface area contributed by atoms with Crippen molar-refractivity contribution in [2.75, 3.05) is 5.32 Å².